The third-order valence-corrected chi connectivity index (χ3v) is 8.01. The van der Waals surface area contributed by atoms with Crippen LogP contribution in [-0.2, 0) is 10.0 Å². The minimum absolute atomic E-state index is 0.0578. The second-order valence-corrected chi connectivity index (χ2v) is 9.71. The van der Waals surface area contributed by atoms with Crippen molar-refractivity contribution in [3.8, 4) is 0 Å². The SMILES string of the molecule is Cc1cc(S(=O)(=O)N2CCC(n3c(=O)[nH]c4ccccc43)CC2)c(Cl)cc1Cl. The monoisotopic (exact) mass is 439 g/mol. The molecule has 1 aliphatic heterocycles. The maximum atomic E-state index is 13.1. The Kier molecular flexibility index (Phi) is 5.03. The molecule has 1 saturated heterocycles. The highest BCUT2D eigenvalue weighted by molar-refractivity contribution is 7.89. The number of hydrogen-bond donors (Lipinski definition) is 1. The van der Waals surface area contributed by atoms with Gasteiger partial charge in [0.1, 0.15) is 4.90 Å². The average molecular weight is 440 g/mol. The van der Waals surface area contributed by atoms with E-state index in [2.05, 4.69) is 4.98 Å². The first kappa shape index (κ1) is 19.5. The molecule has 0 amide bonds. The molecule has 148 valence electrons. The summed E-state index contributed by atoms with van der Waals surface area (Å²) in [5.41, 5.74) is 2.11. The average Bonchev–Trinajstić information content (AvgIpc) is 3.00. The van der Waals surface area contributed by atoms with E-state index >= 15 is 0 Å². The van der Waals surface area contributed by atoms with Crippen LogP contribution in [0.4, 0.5) is 0 Å². The number of benzene rings is 2. The van der Waals surface area contributed by atoms with Gasteiger partial charge >= 0.3 is 5.69 Å². The van der Waals surface area contributed by atoms with E-state index in [1.165, 1.54) is 16.4 Å². The highest BCUT2D eigenvalue weighted by Gasteiger charge is 2.32. The number of piperidine rings is 1. The lowest BCUT2D eigenvalue weighted by molar-refractivity contribution is 0.274. The molecule has 0 spiro atoms. The molecule has 2 heterocycles. The predicted molar refractivity (Wildman–Crippen MR) is 111 cm³/mol. The molecule has 6 nitrogen and oxygen atoms in total. The first-order chi connectivity index (χ1) is 13.3. The van der Waals surface area contributed by atoms with Gasteiger partial charge in [0, 0.05) is 24.2 Å². The molecule has 0 atom stereocenters. The normalized spacial score (nSPS) is 16.7. The van der Waals surface area contributed by atoms with Crippen molar-refractivity contribution in [3.63, 3.8) is 0 Å². The van der Waals surface area contributed by atoms with Gasteiger partial charge < -0.3 is 4.98 Å². The summed E-state index contributed by atoms with van der Waals surface area (Å²) >= 11 is 12.2. The first-order valence-electron chi connectivity index (χ1n) is 8.94. The Morgan fingerprint density at radius 2 is 1.75 bits per heavy atom. The minimum atomic E-state index is -3.73. The Bertz CT molecular complexity index is 1210. The molecule has 1 N–H and O–H groups in total. The Morgan fingerprint density at radius 3 is 2.46 bits per heavy atom. The lowest BCUT2D eigenvalue weighted by Crippen LogP contribution is -2.40. The zero-order valence-corrected chi connectivity index (χ0v) is 17.5. The molecule has 0 radical (unpaired) electrons. The van der Waals surface area contributed by atoms with Gasteiger partial charge in [-0.2, -0.15) is 4.31 Å². The van der Waals surface area contributed by atoms with Gasteiger partial charge in [-0.1, -0.05) is 35.3 Å². The van der Waals surface area contributed by atoms with E-state index < -0.39 is 10.0 Å². The van der Waals surface area contributed by atoms with Crippen LogP contribution in [0.25, 0.3) is 11.0 Å². The maximum Gasteiger partial charge on any atom is 0.326 e. The van der Waals surface area contributed by atoms with E-state index in [9.17, 15) is 13.2 Å². The van der Waals surface area contributed by atoms with Crippen molar-refractivity contribution < 1.29 is 8.42 Å². The molecule has 0 bridgehead atoms. The van der Waals surface area contributed by atoms with Gasteiger partial charge in [-0.15, -0.1) is 0 Å². The Morgan fingerprint density at radius 1 is 1.07 bits per heavy atom. The summed E-state index contributed by atoms with van der Waals surface area (Å²) in [4.78, 5) is 15.3. The fourth-order valence-corrected chi connectivity index (χ4v) is 6.02. The number of hydrogen-bond acceptors (Lipinski definition) is 3. The topological polar surface area (TPSA) is 75.2 Å². The number of nitrogens with zero attached hydrogens (tertiary/aromatic N) is 2. The van der Waals surface area contributed by atoms with Crippen molar-refractivity contribution in [2.24, 2.45) is 0 Å². The van der Waals surface area contributed by atoms with Crippen LogP contribution in [0.3, 0.4) is 0 Å². The van der Waals surface area contributed by atoms with Crippen LogP contribution in [0.5, 0.6) is 0 Å². The van der Waals surface area contributed by atoms with Crippen LogP contribution in [0, 0.1) is 6.92 Å². The van der Waals surface area contributed by atoms with Crippen LogP contribution in [0.15, 0.2) is 46.1 Å². The van der Waals surface area contributed by atoms with Crippen molar-refractivity contribution >= 4 is 44.3 Å². The Labute approximate surface area is 172 Å². The third kappa shape index (κ3) is 3.26. The molecule has 1 aromatic heterocycles. The van der Waals surface area contributed by atoms with Gasteiger partial charge in [0.15, 0.2) is 0 Å². The van der Waals surface area contributed by atoms with Gasteiger partial charge in [-0.25, -0.2) is 13.2 Å². The van der Waals surface area contributed by atoms with E-state index in [-0.39, 0.29) is 21.6 Å². The van der Waals surface area contributed by atoms with E-state index in [1.54, 1.807) is 11.5 Å². The molecular weight excluding hydrogens is 421 g/mol. The van der Waals surface area contributed by atoms with Crippen LogP contribution >= 0.6 is 23.2 Å². The molecule has 28 heavy (non-hydrogen) atoms. The van der Waals surface area contributed by atoms with Crippen molar-refractivity contribution in [1.82, 2.24) is 13.9 Å². The Hall–Kier alpha value is -1.80. The van der Waals surface area contributed by atoms with Crippen molar-refractivity contribution in [2.75, 3.05) is 13.1 Å². The van der Waals surface area contributed by atoms with Gasteiger partial charge in [0.25, 0.3) is 0 Å². The number of aromatic nitrogens is 2. The fourth-order valence-electron chi connectivity index (χ4n) is 3.75. The molecule has 1 aliphatic rings. The summed E-state index contributed by atoms with van der Waals surface area (Å²) in [6, 6.07) is 10.4. The van der Waals surface area contributed by atoms with Crippen LogP contribution in [-0.4, -0.2) is 35.4 Å². The number of rotatable bonds is 3. The van der Waals surface area contributed by atoms with Gasteiger partial charge in [0.05, 0.1) is 16.1 Å². The molecule has 2 aromatic carbocycles. The minimum Gasteiger partial charge on any atom is -0.306 e. The predicted octanol–water partition coefficient (Wildman–Crippen LogP) is 3.97. The molecule has 1 fully saturated rings. The van der Waals surface area contributed by atoms with Crippen LogP contribution < -0.4 is 5.69 Å². The largest absolute Gasteiger partial charge is 0.326 e. The van der Waals surface area contributed by atoms with Crippen molar-refractivity contribution in [3.05, 3.63) is 62.5 Å². The number of sulfonamides is 1. The number of H-pyrrole nitrogens is 1. The van der Waals surface area contributed by atoms with Crippen molar-refractivity contribution in [1.29, 1.82) is 0 Å². The van der Waals surface area contributed by atoms with Gasteiger partial charge in [-0.3, -0.25) is 4.57 Å². The second-order valence-electron chi connectivity index (χ2n) is 6.98. The zero-order valence-electron chi connectivity index (χ0n) is 15.2. The third-order valence-electron chi connectivity index (χ3n) is 5.24. The molecule has 9 heteroatoms. The number of imidazole rings is 1. The Balaban J connectivity index is 1.59. The first-order valence-corrected chi connectivity index (χ1v) is 11.1. The zero-order chi connectivity index (χ0) is 20.1. The second kappa shape index (κ2) is 7.22. The molecule has 4 rings (SSSR count). The summed E-state index contributed by atoms with van der Waals surface area (Å²) in [5, 5.41) is 0.548. The molecular formula is C19H19Cl2N3O3S. The van der Waals surface area contributed by atoms with E-state index in [4.69, 9.17) is 23.2 Å². The quantitative estimate of drug-likeness (QED) is 0.670. The summed E-state index contributed by atoms with van der Waals surface area (Å²) in [6.45, 7) is 2.38. The van der Waals surface area contributed by atoms with E-state index in [0.717, 1.165) is 11.0 Å². The van der Waals surface area contributed by atoms with Gasteiger partial charge in [-0.05, 0) is 49.6 Å². The number of halogens is 2. The van der Waals surface area contributed by atoms with E-state index in [1.807, 2.05) is 24.3 Å². The lowest BCUT2D eigenvalue weighted by atomic mass is 10.1. The summed E-state index contributed by atoms with van der Waals surface area (Å²) in [6.07, 6.45) is 1.09. The van der Waals surface area contributed by atoms with Gasteiger partial charge in [0.2, 0.25) is 10.0 Å². The highest BCUT2D eigenvalue weighted by Crippen LogP contribution is 2.33. The summed E-state index contributed by atoms with van der Waals surface area (Å²) in [7, 11) is -3.73. The van der Waals surface area contributed by atoms with Crippen molar-refractivity contribution in [2.45, 2.75) is 30.7 Å². The molecule has 0 aliphatic carbocycles. The van der Waals surface area contributed by atoms with Crippen LogP contribution in [0.2, 0.25) is 10.0 Å². The van der Waals surface area contributed by atoms with Crippen LogP contribution in [0.1, 0.15) is 24.4 Å². The number of aryl methyl sites for hydroxylation is 1. The summed E-state index contributed by atoms with van der Waals surface area (Å²) in [5.74, 6) is 0. The maximum absolute atomic E-state index is 13.1. The molecule has 0 unspecified atom stereocenters. The van der Waals surface area contributed by atoms with E-state index in [0.29, 0.717) is 36.5 Å². The lowest BCUT2D eigenvalue weighted by Gasteiger charge is -2.32. The molecule has 3 aromatic rings. The number of aromatic amines is 1. The summed E-state index contributed by atoms with van der Waals surface area (Å²) < 4.78 is 29.3. The number of para-hydroxylation sites is 2. The fraction of sp³-hybridized carbons (Fsp3) is 0.316. The number of nitrogens with one attached hydrogen (secondary N) is 1. The number of fused-ring (bicyclic) bond motifs is 1. The smallest absolute Gasteiger partial charge is 0.306 e. The standard InChI is InChI=1S/C19H19Cl2N3O3S/c1-12-10-18(15(21)11-14(12)20)28(26,27)23-8-6-13(7-9-23)24-17-5-3-2-4-16(17)22-19(24)25/h2-5,10-11,13H,6-9H2,1H3,(H,22,25). The molecule has 0 saturated carbocycles. The highest BCUT2D eigenvalue weighted by atomic mass is 35.5.